The summed E-state index contributed by atoms with van der Waals surface area (Å²) in [6, 6.07) is 12.9. The summed E-state index contributed by atoms with van der Waals surface area (Å²) in [6.07, 6.45) is -0.236. The molecule has 2 aromatic carbocycles. The molecule has 0 saturated heterocycles. The fourth-order valence-electron chi connectivity index (χ4n) is 2.29. The third-order valence-electron chi connectivity index (χ3n) is 3.59. The summed E-state index contributed by atoms with van der Waals surface area (Å²) in [7, 11) is 0. The second kappa shape index (κ2) is 7.04. The van der Waals surface area contributed by atoms with Gasteiger partial charge in [-0.1, -0.05) is 29.8 Å². The Hall–Kier alpha value is -3.02. The molecule has 3 rings (SSSR count). The average Bonchev–Trinajstić information content (AvgIpc) is 3.02. The van der Waals surface area contributed by atoms with Crippen molar-refractivity contribution in [1.82, 2.24) is 5.32 Å². The SMILES string of the molecule is Cc1ccc(CNC(=O)CC(=O)Nc2ccc3c(c2)OCO3)cc1. The number of carbonyl (C=O) groups is 2. The van der Waals surface area contributed by atoms with Crippen LogP contribution in [0.4, 0.5) is 5.69 Å². The number of hydrogen-bond acceptors (Lipinski definition) is 4. The first-order chi connectivity index (χ1) is 11.6. The van der Waals surface area contributed by atoms with Gasteiger partial charge in [-0.15, -0.1) is 0 Å². The summed E-state index contributed by atoms with van der Waals surface area (Å²) < 4.78 is 10.5. The van der Waals surface area contributed by atoms with Gasteiger partial charge in [0, 0.05) is 18.3 Å². The molecule has 0 aromatic heterocycles. The molecule has 0 saturated carbocycles. The van der Waals surface area contributed by atoms with E-state index in [9.17, 15) is 9.59 Å². The summed E-state index contributed by atoms with van der Waals surface area (Å²) >= 11 is 0. The summed E-state index contributed by atoms with van der Waals surface area (Å²) in [5.74, 6) is 0.518. The molecule has 1 aliphatic rings. The number of amides is 2. The fraction of sp³-hybridized carbons (Fsp3) is 0.222. The van der Waals surface area contributed by atoms with E-state index in [0.29, 0.717) is 23.7 Å². The Morgan fingerprint density at radius 2 is 1.75 bits per heavy atom. The monoisotopic (exact) mass is 326 g/mol. The van der Waals surface area contributed by atoms with Crippen LogP contribution in [0.3, 0.4) is 0 Å². The van der Waals surface area contributed by atoms with Crippen LogP contribution in [0.2, 0.25) is 0 Å². The number of anilines is 1. The van der Waals surface area contributed by atoms with Crippen molar-refractivity contribution in [3.05, 3.63) is 53.6 Å². The minimum Gasteiger partial charge on any atom is -0.454 e. The number of aryl methyl sites for hydroxylation is 1. The van der Waals surface area contributed by atoms with E-state index < -0.39 is 0 Å². The molecule has 0 fully saturated rings. The van der Waals surface area contributed by atoms with Crippen molar-refractivity contribution in [2.45, 2.75) is 19.9 Å². The van der Waals surface area contributed by atoms with Gasteiger partial charge in [-0.3, -0.25) is 9.59 Å². The Balaban J connectivity index is 1.47. The van der Waals surface area contributed by atoms with Crippen molar-refractivity contribution in [2.24, 2.45) is 0 Å². The second-order valence-electron chi connectivity index (χ2n) is 5.56. The number of ether oxygens (including phenoxy) is 2. The number of carbonyl (C=O) groups excluding carboxylic acids is 2. The van der Waals surface area contributed by atoms with Gasteiger partial charge in [0.15, 0.2) is 11.5 Å². The van der Waals surface area contributed by atoms with Gasteiger partial charge >= 0.3 is 0 Å². The molecule has 2 aromatic rings. The number of hydrogen-bond donors (Lipinski definition) is 2. The van der Waals surface area contributed by atoms with Crippen LogP contribution in [-0.2, 0) is 16.1 Å². The van der Waals surface area contributed by atoms with Crippen LogP contribution in [0.1, 0.15) is 17.5 Å². The van der Waals surface area contributed by atoms with Crippen molar-refractivity contribution < 1.29 is 19.1 Å². The van der Waals surface area contributed by atoms with Crippen molar-refractivity contribution in [3.8, 4) is 11.5 Å². The highest BCUT2D eigenvalue weighted by Crippen LogP contribution is 2.34. The topological polar surface area (TPSA) is 76.7 Å². The minimum absolute atomic E-state index is 0.175. The molecule has 0 unspecified atom stereocenters. The number of rotatable bonds is 5. The van der Waals surface area contributed by atoms with Crippen molar-refractivity contribution in [1.29, 1.82) is 0 Å². The Bertz CT molecular complexity index is 756. The quantitative estimate of drug-likeness (QED) is 0.827. The minimum atomic E-state index is -0.379. The Morgan fingerprint density at radius 3 is 2.54 bits per heavy atom. The summed E-state index contributed by atoms with van der Waals surface area (Å²) in [5, 5.41) is 5.41. The molecule has 0 atom stereocenters. The lowest BCUT2D eigenvalue weighted by Crippen LogP contribution is -2.27. The van der Waals surface area contributed by atoms with Gasteiger partial charge < -0.3 is 20.1 Å². The van der Waals surface area contributed by atoms with Crippen LogP contribution in [0.5, 0.6) is 11.5 Å². The van der Waals surface area contributed by atoms with E-state index in [1.807, 2.05) is 31.2 Å². The van der Waals surface area contributed by atoms with Gasteiger partial charge in [0.05, 0.1) is 0 Å². The Morgan fingerprint density at radius 1 is 1.00 bits per heavy atom. The van der Waals surface area contributed by atoms with Gasteiger partial charge in [-0.25, -0.2) is 0 Å². The highest BCUT2D eigenvalue weighted by atomic mass is 16.7. The lowest BCUT2D eigenvalue weighted by molar-refractivity contribution is -0.126. The standard InChI is InChI=1S/C18H18N2O4/c1-12-2-4-13(5-3-12)10-19-17(21)9-18(22)20-14-6-7-15-16(8-14)24-11-23-15/h2-8H,9-11H2,1H3,(H,19,21)(H,20,22). The molecule has 24 heavy (non-hydrogen) atoms. The van der Waals surface area contributed by atoms with E-state index in [0.717, 1.165) is 11.1 Å². The first-order valence-electron chi connectivity index (χ1n) is 7.62. The number of nitrogens with one attached hydrogen (secondary N) is 2. The molecule has 2 amide bonds. The van der Waals surface area contributed by atoms with E-state index in [4.69, 9.17) is 9.47 Å². The number of benzene rings is 2. The zero-order valence-corrected chi connectivity index (χ0v) is 13.3. The van der Waals surface area contributed by atoms with Crippen LogP contribution in [-0.4, -0.2) is 18.6 Å². The molecule has 0 aliphatic carbocycles. The Kier molecular flexibility index (Phi) is 4.65. The number of fused-ring (bicyclic) bond motifs is 1. The van der Waals surface area contributed by atoms with Crippen LogP contribution in [0.15, 0.2) is 42.5 Å². The van der Waals surface area contributed by atoms with E-state index in [1.165, 1.54) is 0 Å². The second-order valence-corrected chi connectivity index (χ2v) is 5.56. The zero-order valence-electron chi connectivity index (χ0n) is 13.3. The van der Waals surface area contributed by atoms with Gasteiger partial charge in [0.25, 0.3) is 0 Å². The smallest absolute Gasteiger partial charge is 0.233 e. The Labute approximate surface area is 139 Å². The van der Waals surface area contributed by atoms with Gasteiger partial charge in [0.1, 0.15) is 6.42 Å². The van der Waals surface area contributed by atoms with Gasteiger partial charge in [-0.2, -0.15) is 0 Å². The van der Waals surface area contributed by atoms with E-state index in [2.05, 4.69) is 10.6 Å². The summed E-state index contributed by atoms with van der Waals surface area (Å²) in [6.45, 7) is 2.58. The molecule has 0 radical (unpaired) electrons. The maximum absolute atomic E-state index is 11.9. The average molecular weight is 326 g/mol. The van der Waals surface area contributed by atoms with Crippen LogP contribution in [0, 0.1) is 6.92 Å². The molecule has 6 nitrogen and oxygen atoms in total. The van der Waals surface area contributed by atoms with Crippen LogP contribution >= 0.6 is 0 Å². The normalized spacial score (nSPS) is 11.9. The first-order valence-corrected chi connectivity index (χ1v) is 7.62. The highest BCUT2D eigenvalue weighted by Gasteiger charge is 2.15. The van der Waals surface area contributed by atoms with E-state index >= 15 is 0 Å². The van der Waals surface area contributed by atoms with Crippen molar-refractivity contribution in [3.63, 3.8) is 0 Å². The molecular weight excluding hydrogens is 308 g/mol. The molecule has 0 spiro atoms. The lowest BCUT2D eigenvalue weighted by Gasteiger charge is -2.07. The molecule has 0 bridgehead atoms. The molecule has 124 valence electrons. The maximum atomic E-state index is 11.9. The lowest BCUT2D eigenvalue weighted by atomic mass is 10.1. The van der Waals surface area contributed by atoms with Crippen LogP contribution in [0.25, 0.3) is 0 Å². The largest absolute Gasteiger partial charge is 0.454 e. The maximum Gasteiger partial charge on any atom is 0.233 e. The third kappa shape index (κ3) is 4.04. The third-order valence-corrected chi connectivity index (χ3v) is 3.59. The summed E-state index contributed by atoms with van der Waals surface area (Å²) in [5.41, 5.74) is 2.72. The van der Waals surface area contributed by atoms with Crippen molar-refractivity contribution in [2.75, 3.05) is 12.1 Å². The predicted molar refractivity (Wildman–Crippen MR) is 88.8 cm³/mol. The van der Waals surface area contributed by atoms with Crippen LogP contribution < -0.4 is 20.1 Å². The first kappa shape index (κ1) is 15.9. The molecular formula is C18H18N2O4. The van der Waals surface area contributed by atoms with Crippen molar-refractivity contribution >= 4 is 17.5 Å². The van der Waals surface area contributed by atoms with E-state index in [1.54, 1.807) is 18.2 Å². The molecule has 1 aliphatic heterocycles. The predicted octanol–water partition coefficient (Wildman–Crippen LogP) is 2.37. The molecule has 1 heterocycles. The van der Waals surface area contributed by atoms with E-state index in [-0.39, 0.29) is 25.0 Å². The zero-order chi connectivity index (χ0) is 16.9. The van der Waals surface area contributed by atoms with Gasteiger partial charge in [0.2, 0.25) is 18.6 Å². The molecule has 2 N–H and O–H groups in total. The fourth-order valence-corrected chi connectivity index (χ4v) is 2.29. The highest BCUT2D eigenvalue weighted by molar-refractivity contribution is 6.03. The summed E-state index contributed by atoms with van der Waals surface area (Å²) in [4.78, 5) is 23.8. The van der Waals surface area contributed by atoms with Gasteiger partial charge in [-0.05, 0) is 24.6 Å². The molecule has 6 heteroatoms.